The summed E-state index contributed by atoms with van der Waals surface area (Å²) in [6.45, 7) is 5.44. The third kappa shape index (κ3) is 3.35. The third-order valence-corrected chi connectivity index (χ3v) is 4.42. The zero-order valence-electron chi connectivity index (χ0n) is 14.6. The van der Waals surface area contributed by atoms with Gasteiger partial charge < -0.3 is 19.1 Å². The summed E-state index contributed by atoms with van der Waals surface area (Å²) in [5, 5.41) is 3.83. The molecule has 1 aromatic heterocycles. The Morgan fingerprint density at radius 2 is 1.72 bits per heavy atom. The van der Waals surface area contributed by atoms with E-state index in [1.54, 1.807) is 55.0 Å². The second-order valence-corrected chi connectivity index (χ2v) is 6.02. The maximum absolute atomic E-state index is 12.6. The highest BCUT2D eigenvalue weighted by Crippen LogP contribution is 2.18. The number of benzene rings is 1. The largest absolute Gasteiger partial charge is 0.497 e. The summed E-state index contributed by atoms with van der Waals surface area (Å²) >= 11 is 0. The predicted octanol–water partition coefficient (Wildman–Crippen LogP) is 1.90. The lowest BCUT2D eigenvalue weighted by Crippen LogP contribution is -2.50. The summed E-state index contributed by atoms with van der Waals surface area (Å²) in [4.78, 5) is 28.8. The quantitative estimate of drug-likeness (QED) is 0.851. The minimum atomic E-state index is -0.0928. The molecule has 1 fully saturated rings. The molecule has 2 heterocycles. The number of carbonyl (C=O) groups excluding carboxylic acids is 2. The van der Waals surface area contributed by atoms with Crippen LogP contribution in [-0.2, 0) is 0 Å². The van der Waals surface area contributed by atoms with Crippen molar-refractivity contribution in [2.45, 2.75) is 13.8 Å². The van der Waals surface area contributed by atoms with Crippen molar-refractivity contribution < 1.29 is 18.8 Å². The Balaban J connectivity index is 1.65. The van der Waals surface area contributed by atoms with Gasteiger partial charge in [-0.15, -0.1) is 0 Å². The van der Waals surface area contributed by atoms with Crippen molar-refractivity contribution in [3.05, 3.63) is 46.8 Å². The number of carbonyl (C=O) groups is 2. The van der Waals surface area contributed by atoms with E-state index in [0.717, 1.165) is 0 Å². The first kappa shape index (κ1) is 17.0. The lowest BCUT2D eigenvalue weighted by atomic mass is 10.1. The van der Waals surface area contributed by atoms with Crippen LogP contribution in [0.4, 0.5) is 0 Å². The summed E-state index contributed by atoms with van der Waals surface area (Å²) < 4.78 is 10.2. The number of nitrogens with zero attached hydrogens (tertiary/aromatic N) is 3. The summed E-state index contributed by atoms with van der Waals surface area (Å²) in [5.74, 6) is 1.03. The van der Waals surface area contributed by atoms with Crippen molar-refractivity contribution in [1.82, 2.24) is 15.0 Å². The summed E-state index contributed by atoms with van der Waals surface area (Å²) in [7, 11) is 1.57. The Morgan fingerprint density at radius 3 is 2.28 bits per heavy atom. The number of hydrogen-bond acceptors (Lipinski definition) is 5. The van der Waals surface area contributed by atoms with Crippen molar-refractivity contribution in [3.63, 3.8) is 0 Å². The fourth-order valence-electron chi connectivity index (χ4n) is 3.00. The highest BCUT2D eigenvalue weighted by atomic mass is 16.5. The standard InChI is InChI=1S/C18H21N3O4/c1-12-16(13(2)25-19-12)18(23)21-9-7-20(8-10-21)17(22)14-5-4-6-15(11-14)24-3/h4-6,11H,7-10H2,1-3H3. The van der Waals surface area contributed by atoms with Crippen LogP contribution in [0.15, 0.2) is 28.8 Å². The lowest BCUT2D eigenvalue weighted by Gasteiger charge is -2.34. The molecule has 1 aliphatic rings. The fourth-order valence-corrected chi connectivity index (χ4v) is 3.00. The minimum Gasteiger partial charge on any atom is -0.497 e. The van der Waals surface area contributed by atoms with Crippen LogP contribution in [-0.4, -0.2) is 60.1 Å². The van der Waals surface area contributed by atoms with Gasteiger partial charge in [0.2, 0.25) is 0 Å². The molecule has 0 unspecified atom stereocenters. The topological polar surface area (TPSA) is 75.9 Å². The van der Waals surface area contributed by atoms with E-state index < -0.39 is 0 Å². The molecule has 7 heteroatoms. The number of amides is 2. The SMILES string of the molecule is COc1cccc(C(=O)N2CCN(C(=O)c3c(C)noc3C)CC2)c1. The predicted molar refractivity (Wildman–Crippen MR) is 90.8 cm³/mol. The van der Waals surface area contributed by atoms with Crippen LogP contribution in [0, 0.1) is 13.8 Å². The van der Waals surface area contributed by atoms with E-state index in [1.807, 2.05) is 0 Å². The first-order valence-corrected chi connectivity index (χ1v) is 8.16. The van der Waals surface area contributed by atoms with E-state index in [-0.39, 0.29) is 11.8 Å². The second-order valence-electron chi connectivity index (χ2n) is 6.02. The monoisotopic (exact) mass is 343 g/mol. The fraction of sp³-hybridized carbons (Fsp3) is 0.389. The van der Waals surface area contributed by atoms with Gasteiger partial charge in [-0.25, -0.2) is 0 Å². The molecule has 0 saturated carbocycles. The number of aryl methyl sites for hydroxylation is 2. The van der Waals surface area contributed by atoms with Crippen LogP contribution < -0.4 is 4.74 Å². The molecule has 2 aromatic rings. The molecule has 0 bridgehead atoms. The van der Waals surface area contributed by atoms with Gasteiger partial charge in [0.05, 0.1) is 12.8 Å². The second kappa shape index (κ2) is 6.96. The zero-order chi connectivity index (χ0) is 18.0. The van der Waals surface area contributed by atoms with Gasteiger partial charge in [0.15, 0.2) is 0 Å². The molecule has 7 nitrogen and oxygen atoms in total. The number of hydrogen-bond donors (Lipinski definition) is 0. The van der Waals surface area contributed by atoms with Gasteiger partial charge >= 0.3 is 0 Å². The van der Waals surface area contributed by atoms with Gasteiger partial charge in [0.1, 0.15) is 17.1 Å². The Morgan fingerprint density at radius 1 is 1.08 bits per heavy atom. The van der Waals surface area contributed by atoms with E-state index in [9.17, 15) is 9.59 Å². The zero-order valence-corrected chi connectivity index (χ0v) is 14.6. The van der Waals surface area contributed by atoms with E-state index in [1.165, 1.54) is 0 Å². The molecule has 3 rings (SSSR count). The third-order valence-electron chi connectivity index (χ3n) is 4.42. The van der Waals surface area contributed by atoms with Gasteiger partial charge in [-0.2, -0.15) is 0 Å². The minimum absolute atomic E-state index is 0.0525. The van der Waals surface area contributed by atoms with Gasteiger partial charge in [0, 0.05) is 31.7 Å². The number of aromatic nitrogens is 1. The van der Waals surface area contributed by atoms with Crippen LogP contribution >= 0.6 is 0 Å². The van der Waals surface area contributed by atoms with Crippen molar-refractivity contribution >= 4 is 11.8 Å². The average molecular weight is 343 g/mol. The van der Waals surface area contributed by atoms with Gasteiger partial charge in [-0.05, 0) is 32.0 Å². The smallest absolute Gasteiger partial charge is 0.259 e. The van der Waals surface area contributed by atoms with Crippen LogP contribution in [0.2, 0.25) is 0 Å². The van der Waals surface area contributed by atoms with Gasteiger partial charge in [-0.1, -0.05) is 11.2 Å². The maximum Gasteiger partial charge on any atom is 0.259 e. The van der Waals surface area contributed by atoms with E-state index in [4.69, 9.17) is 9.26 Å². The molecule has 0 radical (unpaired) electrons. The summed E-state index contributed by atoms with van der Waals surface area (Å²) in [5.41, 5.74) is 1.70. The molecule has 2 amide bonds. The van der Waals surface area contributed by atoms with Crippen molar-refractivity contribution in [1.29, 1.82) is 0 Å². The first-order valence-electron chi connectivity index (χ1n) is 8.16. The molecule has 132 valence electrons. The number of rotatable bonds is 3. The average Bonchev–Trinajstić information content (AvgIpc) is 2.99. The van der Waals surface area contributed by atoms with Crippen molar-refractivity contribution in [2.75, 3.05) is 33.3 Å². The lowest BCUT2D eigenvalue weighted by molar-refractivity contribution is 0.0534. The van der Waals surface area contributed by atoms with E-state index in [0.29, 0.717) is 54.5 Å². The molecule has 0 atom stereocenters. The van der Waals surface area contributed by atoms with E-state index >= 15 is 0 Å². The molecular weight excluding hydrogens is 322 g/mol. The molecule has 0 aliphatic carbocycles. The van der Waals surface area contributed by atoms with Crippen LogP contribution in [0.25, 0.3) is 0 Å². The Bertz CT molecular complexity index is 772. The molecule has 1 saturated heterocycles. The van der Waals surface area contributed by atoms with Crippen LogP contribution in [0.1, 0.15) is 32.2 Å². The van der Waals surface area contributed by atoms with Gasteiger partial charge in [0.25, 0.3) is 11.8 Å². The molecular formula is C18H21N3O4. The number of methoxy groups -OCH3 is 1. The molecule has 0 N–H and O–H groups in total. The number of piperazine rings is 1. The summed E-state index contributed by atoms with van der Waals surface area (Å²) in [6, 6.07) is 7.09. The number of ether oxygens (including phenoxy) is 1. The maximum atomic E-state index is 12.6. The highest BCUT2D eigenvalue weighted by Gasteiger charge is 2.28. The van der Waals surface area contributed by atoms with Crippen molar-refractivity contribution in [3.8, 4) is 5.75 Å². The van der Waals surface area contributed by atoms with Crippen molar-refractivity contribution in [2.24, 2.45) is 0 Å². The summed E-state index contributed by atoms with van der Waals surface area (Å²) in [6.07, 6.45) is 0. The van der Waals surface area contributed by atoms with E-state index in [2.05, 4.69) is 5.16 Å². The molecule has 0 spiro atoms. The molecule has 25 heavy (non-hydrogen) atoms. The Hall–Kier alpha value is -2.83. The van der Waals surface area contributed by atoms with Crippen LogP contribution in [0.5, 0.6) is 5.75 Å². The normalized spacial score (nSPS) is 14.5. The molecule has 1 aromatic carbocycles. The van der Waals surface area contributed by atoms with Gasteiger partial charge in [-0.3, -0.25) is 9.59 Å². The highest BCUT2D eigenvalue weighted by molar-refractivity contribution is 5.97. The Labute approximate surface area is 146 Å². The first-order chi connectivity index (χ1) is 12.0. The Kier molecular flexibility index (Phi) is 4.74. The molecule has 1 aliphatic heterocycles. The van der Waals surface area contributed by atoms with Crippen LogP contribution in [0.3, 0.4) is 0 Å².